The summed E-state index contributed by atoms with van der Waals surface area (Å²) in [6.45, 7) is 4.80. The van der Waals surface area contributed by atoms with Gasteiger partial charge in [0.05, 0.1) is 0 Å². The van der Waals surface area contributed by atoms with E-state index in [4.69, 9.17) is 5.26 Å². The minimum absolute atomic E-state index is 0.208. The molecule has 0 bridgehead atoms. The van der Waals surface area contributed by atoms with E-state index in [0.29, 0.717) is 12.4 Å². The first-order valence-corrected chi connectivity index (χ1v) is 6.40. The molecule has 0 saturated carbocycles. The Morgan fingerprint density at radius 1 is 1.35 bits per heavy atom. The van der Waals surface area contributed by atoms with Gasteiger partial charge in [0.25, 0.3) is 0 Å². The first-order chi connectivity index (χ1) is 9.58. The van der Waals surface area contributed by atoms with Crippen LogP contribution in [0, 0.1) is 25.2 Å². The Hall–Kier alpha value is -2.61. The van der Waals surface area contributed by atoms with Gasteiger partial charge in [-0.05, 0) is 31.4 Å². The molecule has 1 aromatic heterocycles. The molecule has 2 aromatic rings. The quantitative estimate of drug-likeness (QED) is 0.887. The zero-order valence-corrected chi connectivity index (χ0v) is 11.5. The smallest absolute Gasteiger partial charge is 0.347 e. The van der Waals surface area contributed by atoms with E-state index in [1.165, 1.54) is 22.8 Å². The number of aromatic amines is 1. The van der Waals surface area contributed by atoms with Crippen LogP contribution in [0.1, 0.15) is 22.4 Å². The van der Waals surface area contributed by atoms with Crippen LogP contribution < -0.4 is 11.0 Å². The Morgan fingerprint density at radius 3 is 2.90 bits per heavy atom. The third kappa shape index (κ3) is 3.45. The molecule has 5 nitrogen and oxygen atoms in total. The van der Waals surface area contributed by atoms with Gasteiger partial charge in [0, 0.05) is 12.6 Å². The monoisotopic (exact) mass is 268 g/mol. The summed E-state index contributed by atoms with van der Waals surface area (Å²) < 4.78 is 0. The SMILES string of the molecule is Cc1ccc(C)c(CCNc2cc(C#N)[nH]c(=O)n2)c1. The predicted octanol–water partition coefficient (Wildman–Crippen LogP) is 1.91. The van der Waals surface area contributed by atoms with E-state index in [1.807, 2.05) is 6.07 Å². The van der Waals surface area contributed by atoms with Gasteiger partial charge in [-0.2, -0.15) is 10.2 Å². The molecule has 0 atom stereocenters. The van der Waals surface area contributed by atoms with Crippen molar-refractivity contribution in [3.05, 3.63) is 57.1 Å². The summed E-state index contributed by atoms with van der Waals surface area (Å²) in [4.78, 5) is 17.4. The van der Waals surface area contributed by atoms with Gasteiger partial charge < -0.3 is 5.32 Å². The molecule has 0 amide bonds. The highest BCUT2D eigenvalue weighted by Crippen LogP contribution is 2.11. The maximum absolute atomic E-state index is 11.2. The highest BCUT2D eigenvalue weighted by atomic mass is 16.1. The number of hydrogen-bond acceptors (Lipinski definition) is 4. The van der Waals surface area contributed by atoms with Crippen LogP contribution in [0.3, 0.4) is 0 Å². The number of nitriles is 1. The molecule has 0 saturated heterocycles. The lowest BCUT2D eigenvalue weighted by Gasteiger charge is -2.08. The van der Waals surface area contributed by atoms with E-state index in [0.717, 1.165) is 6.42 Å². The van der Waals surface area contributed by atoms with E-state index in [1.54, 1.807) is 0 Å². The number of nitrogens with zero attached hydrogens (tertiary/aromatic N) is 2. The van der Waals surface area contributed by atoms with Crippen molar-refractivity contribution in [2.24, 2.45) is 0 Å². The summed E-state index contributed by atoms with van der Waals surface area (Å²) in [5, 5.41) is 11.9. The summed E-state index contributed by atoms with van der Waals surface area (Å²) >= 11 is 0. The van der Waals surface area contributed by atoms with E-state index in [-0.39, 0.29) is 5.69 Å². The van der Waals surface area contributed by atoms with Gasteiger partial charge >= 0.3 is 5.69 Å². The molecule has 0 radical (unpaired) electrons. The third-order valence-corrected chi connectivity index (χ3v) is 3.07. The zero-order chi connectivity index (χ0) is 14.5. The fraction of sp³-hybridized carbons (Fsp3) is 0.267. The molecule has 2 N–H and O–H groups in total. The second kappa shape index (κ2) is 6.02. The molecule has 5 heteroatoms. The van der Waals surface area contributed by atoms with Gasteiger partial charge in [-0.15, -0.1) is 0 Å². The topological polar surface area (TPSA) is 81.6 Å². The summed E-state index contributed by atoms with van der Waals surface area (Å²) in [7, 11) is 0. The van der Waals surface area contributed by atoms with Crippen LogP contribution in [-0.4, -0.2) is 16.5 Å². The maximum atomic E-state index is 11.2. The summed E-state index contributed by atoms with van der Waals surface area (Å²) in [5.74, 6) is 0.426. The van der Waals surface area contributed by atoms with Crippen molar-refractivity contribution in [3.63, 3.8) is 0 Å². The Bertz CT molecular complexity index is 713. The summed E-state index contributed by atoms with van der Waals surface area (Å²) in [6.07, 6.45) is 0.837. The normalized spacial score (nSPS) is 10.1. The van der Waals surface area contributed by atoms with Crippen LogP contribution in [0.4, 0.5) is 5.82 Å². The first-order valence-electron chi connectivity index (χ1n) is 6.40. The van der Waals surface area contributed by atoms with E-state index >= 15 is 0 Å². The minimum Gasteiger partial charge on any atom is -0.369 e. The fourth-order valence-corrected chi connectivity index (χ4v) is 2.00. The van der Waals surface area contributed by atoms with Crippen LogP contribution >= 0.6 is 0 Å². The van der Waals surface area contributed by atoms with Crippen LogP contribution in [0.5, 0.6) is 0 Å². The molecule has 0 unspecified atom stereocenters. The lowest BCUT2D eigenvalue weighted by atomic mass is 10.0. The average Bonchev–Trinajstić information content (AvgIpc) is 2.42. The van der Waals surface area contributed by atoms with Gasteiger partial charge in [-0.1, -0.05) is 23.8 Å². The molecule has 20 heavy (non-hydrogen) atoms. The van der Waals surface area contributed by atoms with Crippen molar-refractivity contribution < 1.29 is 0 Å². The van der Waals surface area contributed by atoms with Crippen molar-refractivity contribution >= 4 is 5.82 Å². The highest BCUT2D eigenvalue weighted by Gasteiger charge is 2.02. The van der Waals surface area contributed by atoms with Crippen LogP contribution in [0.2, 0.25) is 0 Å². The van der Waals surface area contributed by atoms with Gasteiger partial charge in [0.1, 0.15) is 17.6 Å². The molecule has 1 aromatic carbocycles. The van der Waals surface area contributed by atoms with Crippen molar-refractivity contribution in [1.82, 2.24) is 9.97 Å². The largest absolute Gasteiger partial charge is 0.369 e. The van der Waals surface area contributed by atoms with Crippen molar-refractivity contribution in [3.8, 4) is 6.07 Å². The Morgan fingerprint density at radius 2 is 2.15 bits per heavy atom. The molecule has 0 spiro atoms. The van der Waals surface area contributed by atoms with Crippen molar-refractivity contribution in [2.75, 3.05) is 11.9 Å². The predicted molar refractivity (Wildman–Crippen MR) is 77.7 cm³/mol. The lowest BCUT2D eigenvalue weighted by molar-refractivity contribution is 0.970. The summed E-state index contributed by atoms with van der Waals surface area (Å²) in [5.41, 5.74) is 3.43. The molecule has 0 fully saturated rings. The number of nitrogens with one attached hydrogen (secondary N) is 2. The first kappa shape index (κ1) is 13.8. The average molecular weight is 268 g/mol. The number of H-pyrrole nitrogens is 1. The zero-order valence-electron chi connectivity index (χ0n) is 11.5. The van der Waals surface area contributed by atoms with E-state index < -0.39 is 5.69 Å². The number of hydrogen-bond donors (Lipinski definition) is 2. The Balaban J connectivity index is 2.03. The second-order valence-corrected chi connectivity index (χ2v) is 4.70. The minimum atomic E-state index is -0.515. The number of anilines is 1. The number of rotatable bonds is 4. The molecule has 102 valence electrons. The Labute approximate surface area is 117 Å². The molecule has 0 aliphatic carbocycles. The number of aromatic nitrogens is 2. The number of benzene rings is 1. The highest BCUT2D eigenvalue weighted by molar-refractivity contribution is 5.39. The van der Waals surface area contributed by atoms with Crippen molar-refractivity contribution in [2.45, 2.75) is 20.3 Å². The van der Waals surface area contributed by atoms with Crippen LogP contribution in [0.15, 0.2) is 29.1 Å². The molecule has 1 heterocycles. The van der Waals surface area contributed by atoms with Crippen LogP contribution in [0.25, 0.3) is 0 Å². The van der Waals surface area contributed by atoms with Gasteiger partial charge in [-0.3, -0.25) is 4.98 Å². The van der Waals surface area contributed by atoms with Gasteiger partial charge in [-0.25, -0.2) is 4.79 Å². The van der Waals surface area contributed by atoms with E-state index in [9.17, 15) is 4.79 Å². The molecule has 2 rings (SSSR count). The van der Waals surface area contributed by atoms with Gasteiger partial charge in [0.15, 0.2) is 0 Å². The maximum Gasteiger partial charge on any atom is 0.347 e. The lowest BCUT2D eigenvalue weighted by Crippen LogP contribution is -2.16. The third-order valence-electron chi connectivity index (χ3n) is 3.07. The van der Waals surface area contributed by atoms with Gasteiger partial charge in [0.2, 0.25) is 0 Å². The Kier molecular flexibility index (Phi) is 4.16. The molecule has 0 aliphatic heterocycles. The standard InChI is InChI=1S/C15H16N4O/c1-10-3-4-11(2)12(7-10)5-6-17-14-8-13(9-16)18-15(20)19-14/h3-4,7-8H,5-6H2,1-2H3,(H2,17,18,19,20). The fourth-order valence-electron chi connectivity index (χ4n) is 2.00. The molecular formula is C15H16N4O. The molecule has 0 aliphatic rings. The van der Waals surface area contributed by atoms with Crippen LogP contribution in [-0.2, 0) is 6.42 Å². The summed E-state index contributed by atoms with van der Waals surface area (Å²) in [6, 6.07) is 9.77. The van der Waals surface area contributed by atoms with Crippen molar-refractivity contribution in [1.29, 1.82) is 5.26 Å². The second-order valence-electron chi connectivity index (χ2n) is 4.70. The van der Waals surface area contributed by atoms with E-state index in [2.05, 4.69) is 47.3 Å². The number of aryl methyl sites for hydroxylation is 2. The molecular weight excluding hydrogens is 252 g/mol.